The lowest BCUT2D eigenvalue weighted by atomic mass is 9.95. The molecule has 2 aromatic rings. The number of likely N-dealkylation sites (tertiary alicyclic amines) is 1. The summed E-state index contributed by atoms with van der Waals surface area (Å²) < 4.78 is 6.27. The Hall–Kier alpha value is -2.96. The minimum Gasteiger partial charge on any atom is -0.465 e. The highest BCUT2D eigenvalue weighted by atomic mass is 16.5. The van der Waals surface area contributed by atoms with Gasteiger partial charge in [-0.3, -0.25) is 9.36 Å². The Bertz CT molecular complexity index is 951. The molecule has 0 N–H and O–H groups in total. The summed E-state index contributed by atoms with van der Waals surface area (Å²) >= 11 is 0. The quantitative estimate of drug-likeness (QED) is 0.735. The van der Waals surface area contributed by atoms with Crippen LogP contribution in [0.4, 0.5) is 0 Å². The second-order valence-electron chi connectivity index (χ2n) is 7.25. The summed E-state index contributed by atoms with van der Waals surface area (Å²) in [4.78, 5) is 42.4. The zero-order chi connectivity index (χ0) is 20.3. The van der Waals surface area contributed by atoms with Crippen LogP contribution in [0.1, 0.15) is 33.7 Å². The molecule has 148 valence electrons. The maximum absolute atomic E-state index is 12.7. The average Bonchev–Trinajstić information content (AvgIpc) is 3.13. The number of aromatic nitrogens is 2. The Morgan fingerprint density at radius 1 is 1.25 bits per heavy atom. The van der Waals surface area contributed by atoms with Crippen LogP contribution in [0.5, 0.6) is 0 Å². The second-order valence-corrected chi connectivity index (χ2v) is 7.25. The number of aryl methyl sites for hydroxylation is 2. The van der Waals surface area contributed by atoms with Crippen molar-refractivity contribution < 1.29 is 14.3 Å². The molecule has 0 radical (unpaired) electrons. The predicted octanol–water partition coefficient (Wildman–Crippen LogP) is 1.74. The van der Waals surface area contributed by atoms with Gasteiger partial charge >= 0.3 is 11.7 Å². The van der Waals surface area contributed by atoms with Crippen molar-refractivity contribution in [3.63, 3.8) is 0 Å². The Morgan fingerprint density at radius 2 is 2.00 bits per heavy atom. The van der Waals surface area contributed by atoms with Crippen molar-refractivity contribution in [2.75, 3.05) is 20.2 Å². The summed E-state index contributed by atoms with van der Waals surface area (Å²) in [7, 11) is 1.37. The first-order valence-corrected chi connectivity index (χ1v) is 9.38. The highest BCUT2D eigenvalue weighted by molar-refractivity contribution is 5.91. The van der Waals surface area contributed by atoms with E-state index in [0.29, 0.717) is 30.8 Å². The summed E-state index contributed by atoms with van der Waals surface area (Å²) in [5, 5.41) is 0. The van der Waals surface area contributed by atoms with Gasteiger partial charge < -0.3 is 9.64 Å². The van der Waals surface area contributed by atoms with E-state index in [1.54, 1.807) is 30.9 Å². The average molecular weight is 383 g/mol. The van der Waals surface area contributed by atoms with Gasteiger partial charge in [-0.2, -0.15) is 4.98 Å². The molecule has 1 saturated heterocycles. The van der Waals surface area contributed by atoms with Gasteiger partial charge in [0.15, 0.2) is 0 Å². The van der Waals surface area contributed by atoms with Crippen LogP contribution in [0.25, 0.3) is 0 Å². The molecule has 1 atom stereocenters. The molecular weight excluding hydrogens is 358 g/mol. The standard InChI is InChI=1S/C21H25N3O4/c1-14-10-15(2)24(21(27)22-14)13-19(25)23-9-8-16(12-23)11-17-6-4-5-7-18(17)20(26)28-3/h4-7,10,16H,8-9,11-13H2,1-3H3. The second kappa shape index (κ2) is 8.37. The molecule has 3 rings (SSSR count). The molecule has 0 aliphatic carbocycles. The molecule has 28 heavy (non-hydrogen) atoms. The van der Waals surface area contributed by atoms with E-state index in [0.717, 1.165) is 17.7 Å². The fourth-order valence-corrected chi connectivity index (χ4v) is 3.75. The molecule has 1 unspecified atom stereocenters. The number of carbonyl (C=O) groups excluding carboxylic acids is 2. The number of methoxy groups -OCH3 is 1. The van der Waals surface area contributed by atoms with E-state index in [1.165, 1.54) is 11.7 Å². The number of hydrogen-bond acceptors (Lipinski definition) is 5. The van der Waals surface area contributed by atoms with Crippen LogP contribution < -0.4 is 5.69 Å². The van der Waals surface area contributed by atoms with E-state index >= 15 is 0 Å². The summed E-state index contributed by atoms with van der Waals surface area (Å²) in [6.45, 7) is 4.83. The summed E-state index contributed by atoms with van der Waals surface area (Å²) in [5.74, 6) is -0.161. The number of carbonyl (C=O) groups is 2. The number of esters is 1. The molecule has 0 spiro atoms. The number of benzene rings is 1. The van der Waals surface area contributed by atoms with Crippen LogP contribution in [-0.2, 0) is 22.5 Å². The Balaban J connectivity index is 1.66. The number of amides is 1. The molecule has 1 amide bonds. The number of nitrogens with zero attached hydrogens (tertiary/aromatic N) is 3. The van der Waals surface area contributed by atoms with Gasteiger partial charge in [0.05, 0.1) is 12.7 Å². The van der Waals surface area contributed by atoms with Crippen LogP contribution in [-0.4, -0.2) is 46.5 Å². The molecule has 0 saturated carbocycles. The van der Waals surface area contributed by atoms with Gasteiger partial charge in [0, 0.05) is 24.5 Å². The zero-order valence-corrected chi connectivity index (χ0v) is 16.5. The van der Waals surface area contributed by atoms with Crippen molar-refractivity contribution in [2.24, 2.45) is 5.92 Å². The number of hydrogen-bond donors (Lipinski definition) is 0. The van der Waals surface area contributed by atoms with Crippen molar-refractivity contribution in [2.45, 2.75) is 33.2 Å². The van der Waals surface area contributed by atoms with E-state index in [2.05, 4.69) is 4.98 Å². The van der Waals surface area contributed by atoms with Gasteiger partial charge in [-0.05, 0) is 50.3 Å². The van der Waals surface area contributed by atoms with E-state index in [9.17, 15) is 14.4 Å². The lowest BCUT2D eigenvalue weighted by Gasteiger charge is -2.18. The van der Waals surface area contributed by atoms with Crippen LogP contribution in [0.2, 0.25) is 0 Å². The summed E-state index contributed by atoms with van der Waals surface area (Å²) in [5.41, 5.74) is 2.49. The lowest BCUT2D eigenvalue weighted by Crippen LogP contribution is -2.37. The number of rotatable bonds is 5. The maximum Gasteiger partial charge on any atom is 0.348 e. The van der Waals surface area contributed by atoms with Crippen molar-refractivity contribution >= 4 is 11.9 Å². The third-order valence-corrected chi connectivity index (χ3v) is 5.21. The summed E-state index contributed by atoms with van der Waals surface area (Å²) in [6.07, 6.45) is 1.57. The molecule has 1 fully saturated rings. The molecular formula is C21H25N3O4. The van der Waals surface area contributed by atoms with Gasteiger partial charge in [0.25, 0.3) is 0 Å². The first-order valence-electron chi connectivity index (χ1n) is 9.38. The van der Waals surface area contributed by atoms with Crippen LogP contribution >= 0.6 is 0 Å². The minimum absolute atomic E-state index is 0.00339. The third kappa shape index (κ3) is 4.30. The van der Waals surface area contributed by atoms with E-state index < -0.39 is 5.69 Å². The highest BCUT2D eigenvalue weighted by Gasteiger charge is 2.28. The molecule has 7 nitrogen and oxygen atoms in total. The molecule has 1 aliphatic rings. The molecule has 1 aliphatic heterocycles. The van der Waals surface area contributed by atoms with Crippen molar-refractivity contribution in [1.29, 1.82) is 0 Å². The maximum atomic E-state index is 12.7. The highest BCUT2D eigenvalue weighted by Crippen LogP contribution is 2.23. The van der Waals surface area contributed by atoms with Crippen LogP contribution in [0, 0.1) is 19.8 Å². The molecule has 2 heterocycles. The fourth-order valence-electron chi connectivity index (χ4n) is 3.75. The SMILES string of the molecule is COC(=O)c1ccccc1CC1CCN(C(=O)Cn2c(C)cc(C)nc2=O)C1. The Kier molecular flexibility index (Phi) is 5.92. The smallest absolute Gasteiger partial charge is 0.348 e. The normalized spacial score (nSPS) is 16.2. The van der Waals surface area contributed by atoms with Crippen molar-refractivity contribution in [3.05, 3.63) is 63.3 Å². The predicted molar refractivity (Wildman–Crippen MR) is 104 cm³/mol. The van der Waals surface area contributed by atoms with Gasteiger partial charge in [0.2, 0.25) is 5.91 Å². The first kappa shape index (κ1) is 19.8. The molecule has 1 aromatic heterocycles. The van der Waals surface area contributed by atoms with E-state index in [4.69, 9.17) is 4.74 Å². The first-order chi connectivity index (χ1) is 13.4. The monoisotopic (exact) mass is 383 g/mol. The zero-order valence-electron chi connectivity index (χ0n) is 16.5. The fraction of sp³-hybridized carbons (Fsp3) is 0.429. The largest absolute Gasteiger partial charge is 0.465 e. The van der Waals surface area contributed by atoms with Gasteiger partial charge in [-0.15, -0.1) is 0 Å². The molecule has 7 heteroatoms. The molecule has 0 bridgehead atoms. The van der Waals surface area contributed by atoms with Gasteiger partial charge in [-0.25, -0.2) is 9.59 Å². The summed E-state index contributed by atoms with van der Waals surface area (Å²) in [6, 6.07) is 9.20. The topological polar surface area (TPSA) is 81.5 Å². The number of ether oxygens (including phenoxy) is 1. The third-order valence-electron chi connectivity index (χ3n) is 5.21. The minimum atomic E-state index is -0.395. The van der Waals surface area contributed by atoms with Gasteiger partial charge in [0.1, 0.15) is 6.54 Å². The Morgan fingerprint density at radius 3 is 2.71 bits per heavy atom. The van der Waals surface area contributed by atoms with Crippen LogP contribution in [0.3, 0.4) is 0 Å². The molecule has 1 aromatic carbocycles. The van der Waals surface area contributed by atoms with Gasteiger partial charge in [-0.1, -0.05) is 18.2 Å². The van der Waals surface area contributed by atoms with Crippen LogP contribution in [0.15, 0.2) is 35.1 Å². The van der Waals surface area contributed by atoms with E-state index in [1.807, 2.05) is 18.2 Å². The van der Waals surface area contributed by atoms with Crippen molar-refractivity contribution in [3.8, 4) is 0 Å². The van der Waals surface area contributed by atoms with Crippen molar-refractivity contribution in [1.82, 2.24) is 14.5 Å². The Labute approximate surface area is 164 Å². The van der Waals surface area contributed by atoms with E-state index in [-0.39, 0.29) is 24.3 Å². The lowest BCUT2D eigenvalue weighted by molar-refractivity contribution is -0.131.